The largest absolute Gasteiger partial charge is 0.393 e. The SMILES string of the molecule is CC(C)C(NC(=O)CC(N)=S)c1cccs1. The molecule has 0 aliphatic heterocycles. The third kappa shape index (κ3) is 3.90. The molecular formula is C11H16N2OS2. The van der Waals surface area contributed by atoms with Gasteiger partial charge in [-0.3, -0.25) is 4.79 Å². The molecule has 1 heterocycles. The van der Waals surface area contributed by atoms with Crippen molar-refractivity contribution < 1.29 is 4.79 Å². The summed E-state index contributed by atoms with van der Waals surface area (Å²) in [5, 5.41) is 4.96. The zero-order valence-electron chi connectivity index (χ0n) is 9.40. The molecule has 5 heteroatoms. The summed E-state index contributed by atoms with van der Waals surface area (Å²) in [4.78, 5) is 13.0. The van der Waals surface area contributed by atoms with Crippen LogP contribution >= 0.6 is 23.6 Å². The van der Waals surface area contributed by atoms with Crippen LogP contribution in [0.2, 0.25) is 0 Å². The van der Waals surface area contributed by atoms with Crippen LogP contribution in [0.15, 0.2) is 17.5 Å². The molecule has 0 spiro atoms. The number of rotatable bonds is 5. The molecule has 16 heavy (non-hydrogen) atoms. The van der Waals surface area contributed by atoms with Crippen LogP contribution in [0.4, 0.5) is 0 Å². The first-order valence-electron chi connectivity index (χ1n) is 5.11. The molecule has 3 nitrogen and oxygen atoms in total. The van der Waals surface area contributed by atoms with Crippen LogP contribution in [-0.4, -0.2) is 10.9 Å². The second-order valence-corrected chi connectivity index (χ2v) is 5.45. The molecule has 0 bridgehead atoms. The Morgan fingerprint density at radius 2 is 2.31 bits per heavy atom. The predicted octanol–water partition coefficient (Wildman–Crippen LogP) is 2.24. The van der Waals surface area contributed by atoms with E-state index < -0.39 is 0 Å². The van der Waals surface area contributed by atoms with Gasteiger partial charge in [0.15, 0.2) is 0 Å². The Hall–Kier alpha value is -0.940. The van der Waals surface area contributed by atoms with E-state index in [1.54, 1.807) is 11.3 Å². The maximum atomic E-state index is 11.6. The van der Waals surface area contributed by atoms with Crippen molar-refractivity contribution >= 4 is 34.5 Å². The summed E-state index contributed by atoms with van der Waals surface area (Å²) < 4.78 is 0. The van der Waals surface area contributed by atoms with Gasteiger partial charge in [0.05, 0.1) is 17.5 Å². The van der Waals surface area contributed by atoms with Gasteiger partial charge in [0.2, 0.25) is 5.91 Å². The molecule has 0 aliphatic rings. The van der Waals surface area contributed by atoms with Gasteiger partial charge in [-0.25, -0.2) is 0 Å². The minimum Gasteiger partial charge on any atom is -0.393 e. The monoisotopic (exact) mass is 256 g/mol. The number of hydrogen-bond acceptors (Lipinski definition) is 3. The Balaban J connectivity index is 2.66. The predicted molar refractivity (Wildman–Crippen MR) is 71.4 cm³/mol. The van der Waals surface area contributed by atoms with E-state index in [1.807, 2.05) is 17.5 Å². The van der Waals surface area contributed by atoms with Gasteiger partial charge < -0.3 is 11.1 Å². The molecule has 0 fully saturated rings. The molecule has 0 aromatic carbocycles. The molecule has 88 valence electrons. The lowest BCUT2D eigenvalue weighted by molar-refractivity contribution is -0.120. The Labute approximate surface area is 105 Å². The number of thiocarbonyl (C=S) groups is 1. The quantitative estimate of drug-likeness (QED) is 0.794. The van der Waals surface area contributed by atoms with Crippen LogP contribution in [0.5, 0.6) is 0 Å². The van der Waals surface area contributed by atoms with Gasteiger partial charge in [0.1, 0.15) is 0 Å². The fraction of sp³-hybridized carbons (Fsp3) is 0.455. The molecule has 1 rings (SSSR count). The molecule has 0 saturated heterocycles. The fourth-order valence-electron chi connectivity index (χ4n) is 1.42. The molecule has 0 radical (unpaired) electrons. The lowest BCUT2D eigenvalue weighted by atomic mass is 10.0. The van der Waals surface area contributed by atoms with Crippen molar-refractivity contribution in [3.63, 3.8) is 0 Å². The van der Waals surface area contributed by atoms with E-state index in [4.69, 9.17) is 18.0 Å². The van der Waals surface area contributed by atoms with Crippen molar-refractivity contribution in [3.05, 3.63) is 22.4 Å². The second kappa shape index (κ2) is 5.96. The standard InChI is InChI=1S/C11H16N2OS2/c1-7(2)11(8-4-3-5-16-8)13-10(14)6-9(12)15/h3-5,7,11H,6H2,1-2H3,(H2,12,15)(H,13,14). The van der Waals surface area contributed by atoms with E-state index in [-0.39, 0.29) is 23.4 Å². The zero-order valence-corrected chi connectivity index (χ0v) is 11.0. The number of nitrogens with two attached hydrogens (primary N) is 1. The molecule has 3 N–H and O–H groups in total. The third-order valence-corrected chi connectivity index (χ3v) is 3.27. The Morgan fingerprint density at radius 1 is 1.62 bits per heavy atom. The molecule has 1 unspecified atom stereocenters. The number of amides is 1. The zero-order chi connectivity index (χ0) is 12.1. The van der Waals surface area contributed by atoms with Crippen molar-refractivity contribution in [2.45, 2.75) is 26.3 Å². The van der Waals surface area contributed by atoms with Crippen LogP contribution in [0, 0.1) is 5.92 Å². The number of hydrogen-bond donors (Lipinski definition) is 2. The van der Waals surface area contributed by atoms with Crippen molar-refractivity contribution in [1.82, 2.24) is 5.32 Å². The average Bonchev–Trinajstić information content (AvgIpc) is 2.64. The first kappa shape index (κ1) is 13.1. The van der Waals surface area contributed by atoms with E-state index in [2.05, 4.69) is 19.2 Å². The normalized spacial score (nSPS) is 12.4. The van der Waals surface area contributed by atoms with Crippen molar-refractivity contribution in [3.8, 4) is 0 Å². The highest BCUT2D eigenvalue weighted by molar-refractivity contribution is 7.80. The number of carbonyl (C=O) groups is 1. The lowest BCUT2D eigenvalue weighted by Crippen LogP contribution is -2.33. The number of carbonyl (C=O) groups excluding carboxylic acids is 1. The third-order valence-electron chi connectivity index (χ3n) is 2.17. The van der Waals surface area contributed by atoms with Crippen LogP contribution in [0.25, 0.3) is 0 Å². The van der Waals surface area contributed by atoms with Gasteiger partial charge in [0.25, 0.3) is 0 Å². The highest BCUT2D eigenvalue weighted by Crippen LogP contribution is 2.25. The van der Waals surface area contributed by atoms with E-state index in [9.17, 15) is 4.79 Å². The van der Waals surface area contributed by atoms with Gasteiger partial charge in [-0.15, -0.1) is 11.3 Å². The Bertz CT molecular complexity index is 360. The smallest absolute Gasteiger partial charge is 0.227 e. The average molecular weight is 256 g/mol. The van der Waals surface area contributed by atoms with Crippen LogP contribution < -0.4 is 11.1 Å². The summed E-state index contributed by atoms with van der Waals surface area (Å²) in [7, 11) is 0. The summed E-state index contributed by atoms with van der Waals surface area (Å²) in [5.74, 6) is 0.230. The van der Waals surface area contributed by atoms with Gasteiger partial charge in [-0.1, -0.05) is 32.1 Å². The maximum Gasteiger partial charge on any atom is 0.227 e. The van der Waals surface area contributed by atoms with E-state index in [1.165, 1.54) is 0 Å². The molecule has 1 amide bonds. The maximum absolute atomic E-state index is 11.6. The summed E-state index contributed by atoms with van der Waals surface area (Å²) in [6.07, 6.45) is 0.115. The van der Waals surface area contributed by atoms with E-state index in [0.29, 0.717) is 5.92 Å². The molecular weight excluding hydrogens is 240 g/mol. The minimum absolute atomic E-state index is 0.0434. The van der Waals surface area contributed by atoms with Crippen molar-refractivity contribution in [2.75, 3.05) is 0 Å². The molecule has 0 saturated carbocycles. The summed E-state index contributed by atoms with van der Waals surface area (Å²) >= 11 is 6.35. The summed E-state index contributed by atoms with van der Waals surface area (Å²) in [6, 6.07) is 4.05. The molecule has 1 aromatic rings. The lowest BCUT2D eigenvalue weighted by Gasteiger charge is -2.21. The van der Waals surface area contributed by atoms with Crippen molar-refractivity contribution in [2.24, 2.45) is 11.7 Å². The highest BCUT2D eigenvalue weighted by Gasteiger charge is 2.19. The molecule has 1 atom stereocenters. The number of thiophene rings is 1. The second-order valence-electron chi connectivity index (χ2n) is 3.95. The number of nitrogens with one attached hydrogen (secondary N) is 1. The van der Waals surface area contributed by atoms with Gasteiger partial charge in [-0.2, -0.15) is 0 Å². The van der Waals surface area contributed by atoms with Crippen LogP contribution in [-0.2, 0) is 4.79 Å². The Morgan fingerprint density at radius 3 is 2.75 bits per heavy atom. The fourth-order valence-corrected chi connectivity index (χ4v) is 2.50. The topological polar surface area (TPSA) is 55.1 Å². The summed E-state index contributed by atoms with van der Waals surface area (Å²) in [5.41, 5.74) is 5.34. The van der Waals surface area contributed by atoms with Crippen LogP contribution in [0.1, 0.15) is 31.2 Å². The minimum atomic E-state index is -0.111. The van der Waals surface area contributed by atoms with Crippen molar-refractivity contribution in [1.29, 1.82) is 0 Å². The first-order valence-corrected chi connectivity index (χ1v) is 6.40. The highest BCUT2D eigenvalue weighted by atomic mass is 32.1. The van der Waals surface area contributed by atoms with Gasteiger partial charge in [0, 0.05) is 4.88 Å². The summed E-state index contributed by atoms with van der Waals surface area (Å²) in [6.45, 7) is 4.15. The van der Waals surface area contributed by atoms with Crippen LogP contribution in [0.3, 0.4) is 0 Å². The van der Waals surface area contributed by atoms with E-state index in [0.717, 1.165) is 4.88 Å². The molecule has 1 aromatic heterocycles. The van der Waals surface area contributed by atoms with Gasteiger partial charge >= 0.3 is 0 Å². The molecule has 0 aliphatic carbocycles. The Kier molecular flexibility index (Phi) is 4.89. The first-order chi connectivity index (χ1) is 7.50. The van der Waals surface area contributed by atoms with Gasteiger partial charge in [-0.05, 0) is 17.4 Å². The van der Waals surface area contributed by atoms with E-state index >= 15 is 0 Å².